The van der Waals surface area contributed by atoms with Crippen LogP contribution in [0.3, 0.4) is 0 Å². The van der Waals surface area contributed by atoms with E-state index >= 15 is 0 Å². The number of aliphatic hydroxyl groups is 1. The standard InChI is InChI=1S/C43H81NO5/c1-5-9-13-15-17-21-30-38(28-11-7-3)40(42(46)47)32-23-19-25-34-44(36-27-37-45)35-26-20-24-33-41(43(48)49)39(29-12-8-4)31-22-18-16-14-10-6-2/h45H,5-37H2,1-4H3,(H,46,47)(H,48,49)/b40-38+,41-39+. The van der Waals surface area contributed by atoms with E-state index in [1.165, 1.54) is 75.4 Å². The highest BCUT2D eigenvalue weighted by atomic mass is 16.4. The highest BCUT2D eigenvalue weighted by Gasteiger charge is 2.16. The average molecular weight is 692 g/mol. The van der Waals surface area contributed by atoms with E-state index in [0.29, 0.717) is 24.0 Å². The van der Waals surface area contributed by atoms with Gasteiger partial charge < -0.3 is 20.2 Å². The van der Waals surface area contributed by atoms with Gasteiger partial charge in [0.2, 0.25) is 0 Å². The fourth-order valence-corrected chi connectivity index (χ4v) is 7.00. The summed E-state index contributed by atoms with van der Waals surface area (Å²) in [5.41, 5.74) is 3.74. The Labute approximate surface area is 303 Å². The second-order valence-electron chi connectivity index (χ2n) is 14.6. The number of carbonyl (C=O) groups is 2. The van der Waals surface area contributed by atoms with Crippen LogP contribution in [0.15, 0.2) is 22.3 Å². The maximum Gasteiger partial charge on any atom is 0.331 e. The van der Waals surface area contributed by atoms with Crippen LogP contribution in [0.2, 0.25) is 0 Å². The molecule has 0 aliphatic carbocycles. The van der Waals surface area contributed by atoms with E-state index in [2.05, 4.69) is 32.6 Å². The molecule has 0 aromatic carbocycles. The SMILES string of the molecule is CCCCCCCC/C(CCCC)=C(\CCCCCN(CCCO)CCCCC/C(C(=O)O)=C(/CCCC)CCCCCCCC)C(=O)O. The predicted octanol–water partition coefficient (Wildman–Crippen LogP) is 12.4. The Bertz CT molecular complexity index is 798. The van der Waals surface area contributed by atoms with Gasteiger partial charge in [-0.15, -0.1) is 0 Å². The van der Waals surface area contributed by atoms with Gasteiger partial charge in [-0.1, -0.05) is 129 Å². The van der Waals surface area contributed by atoms with Gasteiger partial charge in [0.05, 0.1) is 0 Å². The van der Waals surface area contributed by atoms with Gasteiger partial charge in [-0.05, 0) is 109 Å². The van der Waals surface area contributed by atoms with Crippen molar-refractivity contribution in [1.82, 2.24) is 4.90 Å². The third kappa shape index (κ3) is 26.8. The van der Waals surface area contributed by atoms with Crippen LogP contribution in [0, 0.1) is 0 Å². The molecule has 0 aromatic rings. The molecular weight excluding hydrogens is 610 g/mol. The van der Waals surface area contributed by atoms with Gasteiger partial charge in [0.15, 0.2) is 0 Å². The molecule has 0 unspecified atom stereocenters. The summed E-state index contributed by atoms with van der Waals surface area (Å²) in [6.07, 6.45) is 30.8. The third-order valence-electron chi connectivity index (χ3n) is 10.1. The van der Waals surface area contributed by atoms with Crippen molar-refractivity contribution in [2.45, 2.75) is 214 Å². The average Bonchev–Trinajstić information content (AvgIpc) is 3.08. The second-order valence-corrected chi connectivity index (χ2v) is 14.6. The summed E-state index contributed by atoms with van der Waals surface area (Å²) in [6.45, 7) is 11.8. The zero-order valence-electron chi connectivity index (χ0n) is 32.9. The number of unbranched alkanes of at least 4 members (excludes halogenated alkanes) is 16. The molecule has 6 nitrogen and oxygen atoms in total. The van der Waals surface area contributed by atoms with E-state index in [9.17, 15) is 24.9 Å². The number of nitrogens with zero attached hydrogens (tertiary/aromatic N) is 1. The highest BCUT2D eigenvalue weighted by Crippen LogP contribution is 2.26. The number of aliphatic hydroxyl groups excluding tert-OH is 1. The summed E-state index contributed by atoms with van der Waals surface area (Å²) in [4.78, 5) is 27.0. The first kappa shape index (κ1) is 47.3. The minimum atomic E-state index is -0.720. The van der Waals surface area contributed by atoms with Crippen molar-refractivity contribution in [3.05, 3.63) is 22.3 Å². The molecule has 0 aliphatic heterocycles. The van der Waals surface area contributed by atoms with E-state index in [0.717, 1.165) is 129 Å². The Morgan fingerprint density at radius 3 is 1.06 bits per heavy atom. The van der Waals surface area contributed by atoms with Crippen LogP contribution >= 0.6 is 0 Å². The zero-order chi connectivity index (χ0) is 36.4. The maximum atomic E-state index is 12.3. The van der Waals surface area contributed by atoms with Gasteiger partial charge in [0, 0.05) is 24.3 Å². The van der Waals surface area contributed by atoms with Crippen molar-refractivity contribution in [2.24, 2.45) is 0 Å². The molecule has 0 radical (unpaired) electrons. The molecule has 0 aromatic heterocycles. The number of carboxylic acid groups (broad SMARTS) is 2. The van der Waals surface area contributed by atoms with Crippen molar-refractivity contribution in [3.8, 4) is 0 Å². The topological polar surface area (TPSA) is 98.1 Å². The molecule has 6 heteroatoms. The lowest BCUT2D eigenvalue weighted by Gasteiger charge is -2.22. The van der Waals surface area contributed by atoms with E-state index in [4.69, 9.17) is 0 Å². The number of allylic oxidation sites excluding steroid dienone is 2. The summed E-state index contributed by atoms with van der Waals surface area (Å²) in [5, 5.41) is 29.6. The molecule has 0 fully saturated rings. The lowest BCUT2D eigenvalue weighted by Crippen LogP contribution is -2.28. The van der Waals surface area contributed by atoms with E-state index < -0.39 is 11.9 Å². The Kier molecular flexibility index (Phi) is 33.6. The number of aliphatic carboxylic acids is 2. The molecule has 49 heavy (non-hydrogen) atoms. The number of carboxylic acids is 2. The molecule has 0 bridgehead atoms. The first-order chi connectivity index (χ1) is 23.9. The smallest absolute Gasteiger partial charge is 0.331 e. The van der Waals surface area contributed by atoms with Gasteiger partial charge in [0.1, 0.15) is 0 Å². The van der Waals surface area contributed by atoms with Crippen molar-refractivity contribution in [3.63, 3.8) is 0 Å². The predicted molar refractivity (Wildman–Crippen MR) is 209 cm³/mol. The van der Waals surface area contributed by atoms with Crippen LogP contribution in [0.1, 0.15) is 214 Å². The molecule has 0 spiro atoms. The van der Waals surface area contributed by atoms with Gasteiger partial charge in [-0.2, -0.15) is 0 Å². The van der Waals surface area contributed by atoms with Crippen LogP contribution in [-0.2, 0) is 9.59 Å². The Balaban J connectivity index is 4.91. The van der Waals surface area contributed by atoms with E-state index in [-0.39, 0.29) is 6.61 Å². The van der Waals surface area contributed by atoms with E-state index in [1.54, 1.807) is 0 Å². The molecule has 0 heterocycles. The number of hydrogen-bond acceptors (Lipinski definition) is 4. The largest absolute Gasteiger partial charge is 0.478 e. The summed E-state index contributed by atoms with van der Waals surface area (Å²) >= 11 is 0. The van der Waals surface area contributed by atoms with Gasteiger partial charge in [0.25, 0.3) is 0 Å². The minimum absolute atomic E-state index is 0.189. The Morgan fingerprint density at radius 1 is 0.388 bits per heavy atom. The molecule has 0 rings (SSSR count). The van der Waals surface area contributed by atoms with Gasteiger partial charge in [-0.3, -0.25) is 0 Å². The fourth-order valence-electron chi connectivity index (χ4n) is 7.00. The van der Waals surface area contributed by atoms with Crippen LogP contribution in [0.5, 0.6) is 0 Å². The Morgan fingerprint density at radius 2 is 0.694 bits per heavy atom. The minimum Gasteiger partial charge on any atom is -0.478 e. The van der Waals surface area contributed by atoms with Crippen molar-refractivity contribution < 1.29 is 24.9 Å². The van der Waals surface area contributed by atoms with Crippen LogP contribution in [0.25, 0.3) is 0 Å². The normalized spacial score (nSPS) is 12.8. The summed E-state index contributed by atoms with van der Waals surface area (Å²) in [7, 11) is 0. The molecule has 288 valence electrons. The molecule has 0 atom stereocenters. The fraction of sp³-hybridized carbons (Fsp3) is 0.860. The maximum absolute atomic E-state index is 12.3. The molecule has 3 N–H and O–H groups in total. The monoisotopic (exact) mass is 692 g/mol. The van der Waals surface area contributed by atoms with Crippen molar-refractivity contribution in [2.75, 3.05) is 26.2 Å². The number of hydrogen-bond donors (Lipinski definition) is 3. The molecule has 0 aliphatic rings. The lowest BCUT2D eigenvalue weighted by molar-refractivity contribution is -0.133. The van der Waals surface area contributed by atoms with Crippen LogP contribution in [0.4, 0.5) is 0 Å². The molecule has 0 amide bonds. The van der Waals surface area contributed by atoms with Gasteiger partial charge in [-0.25, -0.2) is 9.59 Å². The van der Waals surface area contributed by atoms with E-state index in [1.807, 2.05) is 0 Å². The zero-order valence-corrected chi connectivity index (χ0v) is 32.9. The summed E-state index contributed by atoms with van der Waals surface area (Å²) < 4.78 is 0. The second kappa shape index (κ2) is 34.8. The quantitative estimate of drug-likeness (QED) is 0.0443. The first-order valence-corrected chi connectivity index (χ1v) is 21.1. The molecule has 0 saturated carbocycles. The van der Waals surface area contributed by atoms with Crippen molar-refractivity contribution in [1.29, 1.82) is 0 Å². The van der Waals surface area contributed by atoms with Gasteiger partial charge >= 0.3 is 11.9 Å². The summed E-state index contributed by atoms with van der Waals surface area (Å²) in [6, 6.07) is 0. The highest BCUT2D eigenvalue weighted by molar-refractivity contribution is 5.88. The van der Waals surface area contributed by atoms with Crippen molar-refractivity contribution >= 4 is 11.9 Å². The Hall–Kier alpha value is -1.66. The van der Waals surface area contributed by atoms with Crippen LogP contribution < -0.4 is 0 Å². The number of rotatable bonds is 37. The molecule has 0 saturated heterocycles. The first-order valence-electron chi connectivity index (χ1n) is 21.1. The molecular formula is C43H81NO5. The third-order valence-corrected chi connectivity index (χ3v) is 10.1. The lowest BCUT2D eigenvalue weighted by atomic mass is 9.93. The van der Waals surface area contributed by atoms with Crippen LogP contribution in [-0.4, -0.2) is 58.4 Å². The summed E-state index contributed by atoms with van der Waals surface area (Å²) in [5.74, 6) is -1.44.